The van der Waals surface area contributed by atoms with Gasteiger partial charge in [0.15, 0.2) is 5.13 Å². The van der Waals surface area contributed by atoms with Gasteiger partial charge >= 0.3 is 0 Å². The van der Waals surface area contributed by atoms with Gasteiger partial charge in [-0.2, -0.15) is 0 Å². The van der Waals surface area contributed by atoms with Crippen LogP contribution in [0.25, 0.3) is 10.2 Å². The molecule has 1 amide bonds. The van der Waals surface area contributed by atoms with Gasteiger partial charge in [0.1, 0.15) is 0 Å². The van der Waals surface area contributed by atoms with Crippen LogP contribution in [0.3, 0.4) is 0 Å². The normalized spacial score (nSPS) is 15.2. The minimum absolute atomic E-state index is 0.136. The predicted octanol–water partition coefficient (Wildman–Crippen LogP) is 6.03. The van der Waals surface area contributed by atoms with E-state index in [0.29, 0.717) is 6.54 Å². The number of rotatable bonds is 4. The van der Waals surface area contributed by atoms with Gasteiger partial charge in [-0.15, -0.1) is 0 Å². The molecule has 2 aromatic carbocycles. The second-order valence-electron chi connectivity index (χ2n) is 7.60. The van der Waals surface area contributed by atoms with Crippen molar-refractivity contribution in [3.05, 3.63) is 59.2 Å². The standard InChI is InChI=1S/C23H26N2OS/c1-16-13-14-20-21(17(16)2)24-23(27-20)25(15-18-9-5-3-6-10-18)22(26)19-11-7-4-8-12-19/h3,5-6,9-10,13-14,19H,4,7-8,11-12,15H2,1-2H3. The van der Waals surface area contributed by atoms with Gasteiger partial charge in [-0.05, 0) is 49.4 Å². The first-order valence-corrected chi connectivity index (χ1v) is 10.7. The highest BCUT2D eigenvalue weighted by molar-refractivity contribution is 7.22. The van der Waals surface area contributed by atoms with E-state index in [-0.39, 0.29) is 11.8 Å². The zero-order valence-electron chi connectivity index (χ0n) is 16.1. The smallest absolute Gasteiger partial charge is 0.232 e. The van der Waals surface area contributed by atoms with Crippen molar-refractivity contribution >= 4 is 32.6 Å². The Balaban J connectivity index is 1.72. The van der Waals surface area contributed by atoms with Crippen LogP contribution in [-0.2, 0) is 11.3 Å². The molecule has 0 unspecified atom stereocenters. The second-order valence-corrected chi connectivity index (χ2v) is 8.60. The SMILES string of the molecule is Cc1ccc2sc(N(Cc3ccccc3)C(=O)C3CCCCC3)nc2c1C. The molecule has 3 nitrogen and oxygen atoms in total. The summed E-state index contributed by atoms with van der Waals surface area (Å²) in [6, 6.07) is 14.5. The molecule has 1 saturated carbocycles. The van der Waals surface area contributed by atoms with E-state index in [9.17, 15) is 4.79 Å². The number of carbonyl (C=O) groups is 1. The van der Waals surface area contributed by atoms with Gasteiger partial charge in [0.05, 0.1) is 16.8 Å². The van der Waals surface area contributed by atoms with Crippen LogP contribution in [0, 0.1) is 19.8 Å². The number of fused-ring (bicyclic) bond motifs is 1. The predicted molar refractivity (Wildman–Crippen MR) is 113 cm³/mol. The van der Waals surface area contributed by atoms with Crippen LogP contribution in [0.1, 0.15) is 48.8 Å². The number of aryl methyl sites for hydroxylation is 2. The lowest BCUT2D eigenvalue weighted by Crippen LogP contribution is -2.36. The molecule has 0 radical (unpaired) electrons. The first-order chi connectivity index (χ1) is 13.1. The van der Waals surface area contributed by atoms with Crippen LogP contribution in [0.4, 0.5) is 5.13 Å². The molecule has 140 valence electrons. The van der Waals surface area contributed by atoms with Crippen molar-refractivity contribution in [3.63, 3.8) is 0 Å². The minimum atomic E-state index is 0.136. The van der Waals surface area contributed by atoms with Crippen molar-refractivity contribution < 1.29 is 4.79 Å². The van der Waals surface area contributed by atoms with Crippen LogP contribution in [0.15, 0.2) is 42.5 Å². The van der Waals surface area contributed by atoms with E-state index in [1.54, 1.807) is 11.3 Å². The molecule has 4 heteroatoms. The van der Waals surface area contributed by atoms with Crippen LogP contribution >= 0.6 is 11.3 Å². The number of amides is 1. The minimum Gasteiger partial charge on any atom is -0.283 e. The molecule has 1 aliphatic carbocycles. The molecule has 27 heavy (non-hydrogen) atoms. The lowest BCUT2D eigenvalue weighted by atomic mass is 9.88. The Bertz CT molecular complexity index is 942. The van der Waals surface area contributed by atoms with E-state index in [4.69, 9.17) is 4.98 Å². The highest BCUT2D eigenvalue weighted by Crippen LogP contribution is 2.35. The average molecular weight is 379 g/mol. The monoisotopic (exact) mass is 378 g/mol. The molecule has 0 atom stereocenters. The molecule has 0 spiro atoms. The number of carbonyl (C=O) groups excluding carboxylic acids is 1. The lowest BCUT2D eigenvalue weighted by Gasteiger charge is -2.27. The third-order valence-corrected chi connectivity index (χ3v) is 6.75. The van der Waals surface area contributed by atoms with Crippen molar-refractivity contribution in [2.45, 2.75) is 52.5 Å². The number of hydrogen-bond acceptors (Lipinski definition) is 3. The molecule has 0 N–H and O–H groups in total. The summed E-state index contributed by atoms with van der Waals surface area (Å²) in [6.45, 7) is 4.82. The number of nitrogens with zero attached hydrogens (tertiary/aromatic N) is 2. The maximum absolute atomic E-state index is 13.4. The number of aromatic nitrogens is 1. The van der Waals surface area contributed by atoms with Gasteiger partial charge in [-0.1, -0.05) is 67.0 Å². The summed E-state index contributed by atoms with van der Waals surface area (Å²) in [7, 11) is 0. The molecule has 1 aromatic heterocycles. The topological polar surface area (TPSA) is 33.2 Å². The Kier molecular flexibility index (Phi) is 5.26. The van der Waals surface area contributed by atoms with Gasteiger partial charge in [0.2, 0.25) is 5.91 Å². The van der Waals surface area contributed by atoms with Gasteiger partial charge < -0.3 is 0 Å². The Hall–Kier alpha value is -2.20. The van der Waals surface area contributed by atoms with E-state index in [0.717, 1.165) is 46.6 Å². The molecule has 3 aromatic rings. The number of anilines is 1. The molecule has 1 fully saturated rings. The number of thiazole rings is 1. The van der Waals surface area contributed by atoms with E-state index >= 15 is 0 Å². The maximum atomic E-state index is 13.4. The first kappa shape index (κ1) is 18.2. The largest absolute Gasteiger partial charge is 0.283 e. The molecule has 1 aliphatic rings. The molecule has 0 saturated heterocycles. The number of benzene rings is 2. The highest BCUT2D eigenvalue weighted by atomic mass is 32.1. The Morgan fingerprint density at radius 3 is 2.56 bits per heavy atom. The summed E-state index contributed by atoms with van der Waals surface area (Å²) >= 11 is 1.63. The first-order valence-electron chi connectivity index (χ1n) is 9.85. The van der Waals surface area contributed by atoms with E-state index < -0.39 is 0 Å². The highest BCUT2D eigenvalue weighted by Gasteiger charge is 2.29. The summed E-state index contributed by atoms with van der Waals surface area (Å²) in [6.07, 6.45) is 5.59. The zero-order valence-corrected chi connectivity index (χ0v) is 16.9. The molecule has 0 aliphatic heterocycles. The summed E-state index contributed by atoms with van der Waals surface area (Å²) in [5.41, 5.74) is 4.63. The van der Waals surface area contributed by atoms with Gasteiger partial charge in [-0.25, -0.2) is 4.98 Å². The Labute approximate surface area is 165 Å². The van der Waals surface area contributed by atoms with Crippen LogP contribution in [0.5, 0.6) is 0 Å². The molecule has 4 rings (SSSR count). The van der Waals surface area contributed by atoms with Crippen molar-refractivity contribution in [2.24, 2.45) is 5.92 Å². The van der Waals surface area contributed by atoms with E-state index in [1.807, 2.05) is 23.1 Å². The quantitative estimate of drug-likeness (QED) is 0.555. The van der Waals surface area contributed by atoms with Crippen molar-refractivity contribution in [1.29, 1.82) is 0 Å². The Morgan fingerprint density at radius 2 is 1.81 bits per heavy atom. The third-order valence-electron chi connectivity index (χ3n) is 5.71. The fraction of sp³-hybridized carbons (Fsp3) is 0.391. The second kappa shape index (κ2) is 7.81. The van der Waals surface area contributed by atoms with Gasteiger partial charge in [-0.3, -0.25) is 9.69 Å². The summed E-state index contributed by atoms with van der Waals surface area (Å²) in [5, 5.41) is 0.832. The molecular weight excluding hydrogens is 352 g/mol. The van der Waals surface area contributed by atoms with Crippen LogP contribution < -0.4 is 4.90 Å². The maximum Gasteiger partial charge on any atom is 0.232 e. The van der Waals surface area contributed by atoms with E-state index in [1.165, 1.54) is 17.5 Å². The molecular formula is C23H26N2OS. The van der Waals surface area contributed by atoms with Crippen LogP contribution in [0.2, 0.25) is 0 Å². The Morgan fingerprint density at radius 1 is 1.07 bits per heavy atom. The van der Waals surface area contributed by atoms with Crippen molar-refractivity contribution in [1.82, 2.24) is 4.98 Å². The average Bonchev–Trinajstić information content (AvgIpc) is 3.15. The van der Waals surface area contributed by atoms with Gasteiger partial charge in [0.25, 0.3) is 0 Å². The van der Waals surface area contributed by atoms with Crippen molar-refractivity contribution in [3.8, 4) is 0 Å². The molecule has 0 bridgehead atoms. The molecule has 1 heterocycles. The zero-order chi connectivity index (χ0) is 18.8. The van der Waals surface area contributed by atoms with Crippen molar-refractivity contribution in [2.75, 3.05) is 4.90 Å². The fourth-order valence-corrected chi connectivity index (χ4v) is 4.94. The third kappa shape index (κ3) is 3.77. The summed E-state index contributed by atoms with van der Waals surface area (Å²) in [5.74, 6) is 0.379. The van der Waals surface area contributed by atoms with Gasteiger partial charge in [0, 0.05) is 5.92 Å². The van der Waals surface area contributed by atoms with Crippen LogP contribution in [-0.4, -0.2) is 10.9 Å². The summed E-state index contributed by atoms with van der Waals surface area (Å²) < 4.78 is 1.16. The number of hydrogen-bond donors (Lipinski definition) is 0. The summed E-state index contributed by atoms with van der Waals surface area (Å²) in [4.78, 5) is 20.3. The lowest BCUT2D eigenvalue weighted by molar-refractivity contribution is -0.123. The fourth-order valence-electron chi connectivity index (χ4n) is 3.91. The van der Waals surface area contributed by atoms with E-state index in [2.05, 4.69) is 38.1 Å².